The number of aromatic nitrogens is 2. The summed E-state index contributed by atoms with van der Waals surface area (Å²) in [6.07, 6.45) is 6.93. The van der Waals surface area contributed by atoms with Crippen LogP contribution in [-0.4, -0.2) is 16.6 Å². The molecule has 0 saturated heterocycles. The molecule has 1 N–H and O–H groups in total. The Balaban J connectivity index is 1.99. The molecular weight excluding hydrogens is 264 g/mol. The van der Waals surface area contributed by atoms with Crippen molar-refractivity contribution in [2.24, 2.45) is 5.41 Å². The number of fused-ring (bicyclic) bond motifs is 1. The van der Waals surface area contributed by atoms with E-state index >= 15 is 0 Å². The zero-order valence-electron chi connectivity index (χ0n) is 13.4. The summed E-state index contributed by atoms with van der Waals surface area (Å²) in [6.45, 7) is 7.29. The predicted octanol–water partition coefficient (Wildman–Crippen LogP) is 3.09. The number of nitrogens with one attached hydrogen (secondary N) is 1. The van der Waals surface area contributed by atoms with Crippen LogP contribution in [0.3, 0.4) is 0 Å². The summed E-state index contributed by atoms with van der Waals surface area (Å²) in [4.78, 5) is 20.1. The van der Waals surface area contributed by atoms with Crippen LogP contribution in [0.25, 0.3) is 0 Å². The van der Waals surface area contributed by atoms with Crippen molar-refractivity contribution in [2.75, 3.05) is 6.61 Å². The summed E-state index contributed by atoms with van der Waals surface area (Å²) >= 11 is 0. The van der Waals surface area contributed by atoms with Crippen molar-refractivity contribution in [2.45, 2.75) is 71.3 Å². The molecule has 0 amide bonds. The maximum atomic E-state index is 12.3. The van der Waals surface area contributed by atoms with Gasteiger partial charge in [-0.15, -0.1) is 0 Å². The highest BCUT2D eigenvalue weighted by atomic mass is 16.5. The highest BCUT2D eigenvalue weighted by Crippen LogP contribution is 2.46. The summed E-state index contributed by atoms with van der Waals surface area (Å²) in [6, 6.07) is 0. The third-order valence-electron chi connectivity index (χ3n) is 5.20. The van der Waals surface area contributed by atoms with Crippen LogP contribution in [0.1, 0.15) is 70.0 Å². The number of hydrogen-bond donors (Lipinski definition) is 1. The molecular formula is C17H26N2O2. The number of H-pyrrole nitrogens is 1. The lowest BCUT2D eigenvalue weighted by Crippen LogP contribution is -2.40. The van der Waals surface area contributed by atoms with Crippen molar-refractivity contribution in [3.63, 3.8) is 0 Å². The summed E-state index contributed by atoms with van der Waals surface area (Å²) in [7, 11) is 0. The van der Waals surface area contributed by atoms with Crippen molar-refractivity contribution in [3.05, 3.63) is 27.4 Å². The van der Waals surface area contributed by atoms with Crippen LogP contribution in [0.2, 0.25) is 0 Å². The van der Waals surface area contributed by atoms with Gasteiger partial charge in [-0.25, -0.2) is 4.98 Å². The van der Waals surface area contributed by atoms with Gasteiger partial charge in [0.15, 0.2) is 0 Å². The molecule has 2 aliphatic rings. The van der Waals surface area contributed by atoms with Gasteiger partial charge in [0, 0.05) is 12.2 Å². The second-order valence-electron chi connectivity index (χ2n) is 7.28. The van der Waals surface area contributed by atoms with E-state index in [0.717, 1.165) is 62.0 Å². The van der Waals surface area contributed by atoms with E-state index in [1.807, 2.05) is 6.92 Å². The SMILES string of the molecule is CCOC1(c2nc3c(c(=O)[nH]2)CCC3)CCC(C)(C)CC1. The normalized spacial score (nSPS) is 23.0. The minimum atomic E-state index is -0.388. The molecule has 2 aliphatic carbocycles. The van der Waals surface area contributed by atoms with Gasteiger partial charge in [-0.2, -0.15) is 0 Å². The zero-order valence-corrected chi connectivity index (χ0v) is 13.4. The molecule has 0 aliphatic heterocycles. The number of nitrogens with zero attached hydrogens (tertiary/aromatic N) is 1. The second kappa shape index (κ2) is 5.24. The van der Waals surface area contributed by atoms with Gasteiger partial charge in [-0.1, -0.05) is 13.8 Å². The molecule has 3 rings (SSSR count). The van der Waals surface area contributed by atoms with Crippen molar-refractivity contribution in [1.82, 2.24) is 9.97 Å². The molecule has 0 unspecified atom stereocenters. The van der Waals surface area contributed by atoms with Crippen LogP contribution in [0.15, 0.2) is 4.79 Å². The molecule has 0 bridgehead atoms. The Morgan fingerprint density at radius 3 is 2.57 bits per heavy atom. The standard InChI is InChI=1S/C17H26N2O2/c1-4-21-17(10-8-16(2,3)9-11-17)15-18-13-7-5-6-12(13)14(20)19-15/h4-11H2,1-3H3,(H,18,19,20). The Hall–Kier alpha value is -1.16. The number of ether oxygens (including phenoxy) is 1. The fourth-order valence-electron chi connectivity index (χ4n) is 3.71. The van der Waals surface area contributed by atoms with E-state index in [1.54, 1.807) is 0 Å². The van der Waals surface area contributed by atoms with E-state index in [-0.39, 0.29) is 11.2 Å². The van der Waals surface area contributed by atoms with E-state index in [9.17, 15) is 4.79 Å². The van der Waals surface area contributed by atoms with Crippen LogP contribution in [0.5, 0.6) is 0 Å². The molecule has 1 saturated carbocycles. The monoisotopic (exact) mass is 290 g/mol. The van der Waals surface area contributed by atoms with E-state index < -0.39 is 0 Å². The first-order chi connectivity index (χ1) is 9.96. The third-order valence-corrected chi connectivity index (χ3v) is 5.20. The molecule has 1 aromatic rings. The van der Waals surface area contributed by atoms with Gasteiger partial charge in [0.05, 0.1) is 5.69 Å². The van der Waals surface area contributed by atoms with Gasteiger partial charge >= 0.3 is 0 Å². The number of aryl methyl sites for hydroxylation is 1. The number of hydrogen-bond acceptors (Lipinski definition) is 3. The molecule has 0 radical (unpaired) electrons. The summed E-state index contributed by atoms with van der Waals surface area (Å²) in [5.74, 6) is 0.769. The van der Waals surface area contributed by atoms with Crippen LogP contribution in [0.4, 0.5) is 0 Å². The highest BCUT2D eigenvalue weighted by Gasteiger charge is 2.42. The summed E-state index contributed by atoms with van der Waals surface area (Å²) < 4.78 is 6.13. The lowest BCUT2D eigenvalue weighted by atomic mass is 9.70. The lowest BCUT2D eigenvalue weighted by molar-refractivity contribution is -0.0950. The Morgan fingerprint density at radius 1 is 1.19 bits per heavy atom. The van der Waals surface area contributed by atoms with E-state index in [1.165, 1.54) is 0 Å². The second-order valence-corrected chi connectivity index (χ2v) is 7.28. The van der Waals surface area contributed by atoms with Crippen LogP contribution >= 0.6 is 0 Å². The topological polar surface area (TPSA) is 55.0 Å². The fourth-order valence-corrected chi connectivity index (χ4v) is 3.71. The van der Waals surface area contributed by atoms with Crippen molar-refractivity contribution in [3.8, 4) is 0 Å². The van der Waals surface area contributed by atoms with Gasteiger partial charge in [-0.3, -0.25) is 4.79 Å². The average Bonchev–Trinajstić information content (AvgIpc) is 2.91. The Labute approximate surface area is 126 Å². The minimum Gasteiger partial charge on any atom is -0.367 e. The lowest BCUT2D eigenvalue weighted by Gasteiger charge is -2.42. The first kappa shape index (κ1) is 14.8. The van der Waals surface area contributed by atoms with Crippen molar-refractivity contribution >= 4 is 0 Å². The number of rotatable bonds is 3. The average molecular weight is 290 g/mol. The minimum absolute atomic E-state index is 0.0522. The zero-order chi connectivity index (χ0) is 15.1. The van der Waals surface area contributed by atoms with Gasteiger partial charge in [0.1, 0.15) is 11.4 Å². The van der Waals surface area contributed by atoms with E-state index in [2.05, 4.69) is 18.8 Å². The Morgan fingerprint density at radius 2 is 1.90 bits per heavy atom. The van der Waals surface area contributed by atoms with E-state index in [0.29, 0.717) is 12.0 Å². The molecule has 1 aromatic heterocycles. The first-order valence-electron chi connectivity index (χ1n) is 8.22. The highest BCUT2D eigenvalue weighted by molar-refractivity contribution is 5.24. The fraction of sp³-hybridized carbons (Fsp3) is 0.765. The molecule has 4 heteroatoms. The van der Waals surface area contributed by atoms with Crippen LogP contribution < -0.4 is 5.56 Å². The molecule has 0 atom stereocenters. The molecule has 0 spiro atoms. The molecule has 1 fully saturated rings. The predicted molar refractivity (Wildman–Crippen MR) is 82.4 cm³/mol. The summed E-state index contributed by atoms with van der Waals surface area (Å²) in [5.41, 5.74) is 1.91. The largest absolute Gasteiger partial charge is 0.367 e. The van der Waals surface area contributed by atoms with Gasteiger partial charge in [0.2, 0.25) is 0 Å². The summed E-state index contributed by atoms with van der Waals surface area (Å²) in [5, 5.41) is 0. The molecule has 0 aromatic carbocycles. The van der Waals surface area contributed by atoms with Gasteiger partial charge in [-0.05, 0) is 57.3 Å². The van der Waals surface area contributed by atoms with Crippen LogP contribution in [0, 0.1) is 5.41 Å². The molecule has 4 nitrogen and oxygen atoms in total. The van der Waals surface area contributed by atoms with Gasteiger partial charge < -0.3 is 9.72 Å². The first-order valence-corrected chi connectivity index (χ1v) is 8.22. The smallest absolute Gasteiger partial charge is 0.254 e. The molecule has 21 heavy (non-hydrogen) atoms. The number of aromatic amines is 1. The maximum absolute atomic E-state index is 12.3. The van der Waals surface area contributed by atoms with Crippen molar-refractivity contribution < 1.29 is 4.74 Å². The quantitative estimate of drug-likeness (QED) is 0.930. The molecule has 1 heterocycles. The van der Waals surface area contributed by atoms with Gasteiger partial charge in [0.25, 0.3) is 5.56 Å². The van der Waals surface area contributed by atoms with E-state index in [4.69, 9.17) is 9.72 Å². The van der Waals surface area contributed by atoms with Crippen LogP contribution in [-0.2, 0) is 23.2 Å². The maximum Gasteiger partial charge on any atom is 0.254 e. The molecule has 116 valence electrons. The van der Waals surface area contributed by atoms with Crippen molar-refractivity contribution in [1.29, 1.82) is 0 Å². The third kappa shape index (κ3) is 2.66. The Bertz CT molecular complexity index is 579. The Kier molecular flexibility index (Phi) is 3.68.